The Morgan fingerprint density at radius 3 is 2.56 bits per heavy atom. The molecule has 0 saturated heterocycles. The Labute approximate surface area is 225 Å². The molecule has 1 atom stereocenters. The minimum Gasteiger partial charge on any atom is -0.492 e. The SMILES string of the molecule is Cc1nc(N[C@H](C)c2cccc(C(F)F)c2F)c2cc(C3(O)CCC(C(=O)N(C)C)CC3)c3c(c2n1)CCO3. The van der Waals surface area contributed by atoms with Crippen LogP contribution >= 0.6 is 0 Å². The first-order chi connectivity index (χ1) is 18.5. The lowest BCUT2D eigenvalue weighted by Crippen LogP contribution is -2.38. The van der Waals surface area contributed by atoms with E-state index in [1.165, 1.54) is 12.1 Å². The highest BCUT2D eigenvalue weighted by molar-refractivity contribution is 5.94. The number of amides is 1. The van der Waals surface area contributed by atoms with E-state index in [0.29, 0.717) is 72.6 Å². The van der Waals surface area contributed by atoms with Crippen LogP contribution in [0.3, 0.4) is 0 Å². The van der Waals surface area contributed by atoms with E-state index in [9.17, 15) is 23.1 Å². The molecular weight excluding hydrogens is 509 g/mol. The first-order valence-corrected chi connectivity index (χ1v) is 13.2. The van der Waals surface area contributed by atoms with Crippen molar-refractivity contribution in [1.82, 2.24) is 14.9 Å². The molecule has 0 spiro atoms. The van der Waals surface area contributed by atoms with Gasteiger partial charge in [-0.15, -0.1) is 0 Å². The van der Waals surface area contributed by atoms with Gasteiger partial charge in [0, 0.05) is 48.5 Å². The monoisotopic (exact) mass is 542 g/mol. The highest BCUT2D eigenvalue weighted by Gasteiger charge is 2.41. The van der Waals surface area contributed by atoms with Crippen molar-refractivity contribution in [3.63, 3.8) is 0 Å². The normalized spacial score (nSPS) is 21.5. The van der Waals surface area contributed by atoms with E-state index in [0.717, 1.165) is 11.6 Å². The minimum atomic E-state index is -2.92. The number of aromatic nitrogens is 2. The molecule has 2 N–H and O–H groups in total. The summed E-state index contributed by atoms with van der Waals surface area (Å²) in [5.41, 5.74) is 0.436. The predicted octanol–water partition coefficient (Wildman–Crippen LogP) is 5.59. The molecule has 5 rings (SSSR count). The standard InChI is InChI=1S/C29H33F3N4O3/c1-15(18-6-5-7-19(23(18)30)26(31)32)33-27-21-14-22(25-20(10-13-39-25)24(21)34-16(2)35-27)29(38)11-8-17(9-12-29)28(37)36(3)4/h5-7,14-15,17,26,38H,8-13H2,1-4H3,(H,33,34,35)/t15-,17?,29?/m1/s1. The third-order valence-corrected chi connectivity index (χ3v) is 7.97. The van der Waals surface area contributed by atoms with E-state index in [2.05, 4.69) is 15.3 Å². The zero-order valence-corrected chi connectivity index (χ0v) is 22.5. The molecule has 1 amide bonds. The maximum Gasteiger partial charge on any atom is 0.266 e. The van der Waals surface area contributed by atoms with Crippen molar-refractivity contribution in [3.05, 3.63) is 58.2 Å². The lowest BCUT2D eigenvalue weighted by Gasteiger charge is -2.37. The number of aryl methyl sites for hydroxylation is 1. The van der Waals surface area contributed by atoms with E-state index in [4.69, 9.17) is 4.74 Å². The third kappa shape index (κ3) is 4.90. The van der Waals surface area contributed by atoms with Gasteiger partial charge in [-0.25, -0.2) is 23.1 Å². The van der Waals surface area contributed by atoms with Crippen molar-refractivity contribution in [3.8, 4) is 5.75 Å². The lowest BCUT2D eigenvalue weighted by molar-refractivity contribution is -0.136. The second-order valence-corrected chi connectivity index (χ2v) is 10.8. The zero-order valence-electron chi connectivity index (χ0n) is 22.5. The topological polar surface area (TPSA) is 87.6 Å². The number of rotatable bonds is 6. The fourth-order valence-electron chi connectivity index (χ4n) is 5.87. The van der Waals surface area contributed by atoms with E-state index in [1.807, 2.05) is 6.07 Å². The molecule has 39 heavy (non-hydrogen) atoms. The number of carbonyl (C=O) groups excluding carboxylic acids is 1. The summed E-state index contributed by atoms with van der Waals surface area (Å²) >= 11 is 0. The summed E-state index contributed by atoms with van der Waals surface area (Å²) in [4.78, 5) is 23.3. The summed E-state index contributed by atoms with van der Waals surface area (Å²) in [6, 6.07) is 5.12. The maximum atomic E-state index is 14.9. The van der Waals surface area contributed by atoms with Gasteiger partial charge in [0.05, 0.1) is 29.3 Å². The van der Waals surface area contributed by atoms with Gasteiger partial charge in [-0.05, 0) is 45.6 Å². The first-order valence-electron chi connectivity index (χ1n) is 13.2. The molecule has 0 unspecified atom stereocenters. The van der Waals surface area contributed by atoms with Crippen LogP contribution in [0.2, 0.25) is 0 Å². The number of alkyl halides is 2. The number of halogens is 3. The highest BCUT2D eigenvalue weighted by atomic mass is 19.3. The van der Waals surface area contributed by atoms with Crippen molar-refractivity contribution >= 4 is 22.6 Å². The molecule has 2 aromatic carbocycles. The largest absolute Gasteiger partial charge is 0.492 e. The van der Waals surface area contributed by atoms with Crippen LogP contribution in [0.5, 0.6) is 5.75 Å². The molecule has 1 aliphatic heterocycles. The Hall–Kier alpha value is -3.40. The second-order valence-electron chi connectivity index (χ2n) is 10.8. The Morgan fingerprint density at radius 2 is 1.90 bits per heavy atom. The summed E-state index contributed by atoms with van der Waals surface area (Å²) < 4.78 is 47.6. The number of carbonyl (C=O) groups is 1. The van der Waals surface area contributed by atoms with E-state index < -0.39 is 29.4 Å². The van der Waals surface area contributed by atoms with Crippen molar-refractivity contribution < 1.29 is 27.8 Å². The number of anilines is 1. The van der Waals surface area contributed by atoms with Crippen molar-refractivity contribution in [2.45, 2.75) is 64.0 Å². The number of ether oxygens (including phenoxy) is 1. The number of nitrogens with zero attached hydrogens (tertiary/aromatic N) is 3. The van der Waals surface area contributed by atoms with Gasteiger partial charge in [-0.3, -0.25) is 4.79 Å². The fraction of sp³-hybridized carbons (Fsp3) is 0.483. The number of aliphatic hydroxyl groups is 1. The minimum absolute atomic E-state index is 0.0598. The molecule has 1 saturated carbocycles. The fourth-order valence-corrected chi connectivity index (χ4v) is 5.87. The average Bonchev–Trinajstić information content (AvgIpc) is 3.38. The van der Waals surface area contributed by atoms with Gasteiger partial charge in [-0.1, -0.05) is 18.2 Å². The smallest absolute Gasteiger partial charge is 0.266 e. The van der Waals surface area contributed by atoms with Crippen LogP contribution < -0.4 is 10.1 Å². The summed E-state index contributed by atoms with van der Waals surface area (Å²) in [7, 11) is 3.47. The second kappa shape index (κ2) is 10.3. The maximum absolute atomic E-state index is 14.9. The number of hydrogen-bond acceptors (Lipinski definition) is 6. The van der Waals surface area contributed by atoms with Gasteiger partial charge in [0.2, 0.25) is 5.91 Å². The Balaban J connectivity index is 1.55. The average molecular weight is 543 g/mol. The van der Waals surface area contributed by atoms with Gasteiger partial charge >= 0.3 is 0 Å². The van der Waals surface area contributed by atoms with E-state index >= 15 is 0 Å². The highest BCUT2D eigenvalue weighted by Crippen LogP contribution is 2.48. The summed E-state index contributed by atoms with van der Waals surface area (Å²) in [6.07, 6.45) is -0.424. The van der Waals surface area contributed by atoms with Crippen molar-refractivity contribution in [2.24, 2.45) is 5.92 Å². The molecule has 2 aliphatic rings. The van der Waals surface area contributed by atoms with Crippen LogP contribution in [0, 0.1) is 18.7 Å². The molecule has 0 radical (unpaired) electrons. The van der Waals surface area contributed by atoms with Gasteiger partial charge in [0.15, 0.2) is 0 Å². The molecule has 2 heterocycles. The molecule has 10 heteroatoms. The van der Waals surface area contributed by atoms with Gasteiger partial charge in [0.1, 0.15) is 23.2 Å². The predicted molar refractivity (Wildman–Crippen MR) is 141 cm³/mol. The molecule has 3 aromatic rings. The van der Waals surface area contributed by atoms with Crippen molar-refractivity contribution in [1.29, 1.82) is 0 Å². The molecule has 1 fully saturated rings. The van der Waals surface area contributed by atoms with Gasteiger partial charge < -0.3 is 20.1 Å². The van der Waals surface area contributed by atoms with Crippen LogP contribution in [-0.2, 0) is 16.8 Å². The number of hydrogen-bond donors (Lipinski definition) is 2. The van der Waals surface area contributed by atoms with Crippen molar-refractivity contribution in [2.75, 3.05) is 26.0 Å². The van der Waals surface area contributed by atoms with Gasteiger partial charge in [0.25, 0.3) is 6.43 Å². The molecular formula is C29H33F3N4O3. The number of nitrogens with one attached hydrogen (secondary N) is 1. The van der Waals surface area contributed by atoms with E-state index in [-0.39, 0.29) is 17.4 Å². The first kappa shape index (κ1) is 27.2. The molecule has 7 nitrogen and oxygen atoms in total. The van der Waals surface area contributed by atoms with Gasteiger partial charge in [-0.2, -0.15) is 0 Å². The summed E-state index contributed by atoms with van der Waals surface area (Å²) in [6.45, 7) is 3.89. The lowest BCUT2D eigenvalue weighted by atomic mass is 9.74. The Morgan fingerprint density at radius 1 is 1.21 bits per heavy atom. The molecule has 0 bridgehead atoms. The molecule has 1 aliphatic carbocycles. The Bertz CT molecular complexity index is 1420. The molecule has 208 valence electrons. The number of fused-ring (bicyclic) bond motifs is 3. The van der Waals surface area contributed by atoms with E-state index in [1.54, 1.807) is 32.8 Å². The van der Waals surface area contributed by atoms with Crippen LogP contribution in [0.4, 0.5) is 19.0 Å². The Kier molecular flexibility index (Phi) is 7.17. The van der Waals surface area contributed by atoms with Crippen LogP contribution in [-0.4, -0.2) is 46.6 Å². The summed E-state index contributed by atoms with van der Waals surface area (Å²) in [5.74, 6) is 0.499. The summed E-state index contributed by atoms with van der Waals surface area (Å²) in [5, 5.41) is 15.7. The van der Waals surface area contributed by atoms with Crippen LogP contribution in [0.1, 0.15) is 73.2 Å². The third-order valence-electron chi connectivity index (χ3n) is 7.97. The van der Waals surface area contributed by atoms with Crippen LogP contribution in [0.15, 0.2) is 24.3 Å². The quantitative estimate of drug-likeness (QED) is 0.422. The zero-order chi connectivity index (χ0) is 28.1. The number of benzene rings is 2. The molecule has 1 aromatic heterocycles. The van der Waals surface area contributed by atoms with Crippen LogP contribution in [0.25, 0.3) is 10.9 Å².